The highest BCUT2D eigenvalue weighted by molar-refractivity contribution is 5.65. The average Bonchev–Trinajstić information content (AvgIpc) is 1.88. The van der Waals surface area contributed by atoms with Gasteiger partial charge in [0.1, 0.15) is 0 Å². The lowest BCUT2D eigenvalue weighted by atomic mass is 10.3. The number of benzene rings is 1. The van der Waals surface area contributed by atoms with Gasteiger partial charge in [0, 0.05) is 7.05 Å². The van der Waals surface area contributed by atoms with Crippen molar-refractivity contribution in [3.8, 4) is 0 Å². The molecule has 0 aliphatic heterocycles. The lowest BCUT2D eigenvalue weighted by molar-refractivity contribution is 0.280. The molecule has 0 atom stereocenters. The van der Waals surface area contributed by atoms with Crippen LogP contribution >= 0.6 is 0 Å². The smallest absolute Gasteiger partial charge is 0.0859 e. The van der Waals surface area contributed by atoms with Gasteiger partial charge in [-0.1, -0.05) is 12.1 Å². The first-order valence-corrected chi connectivity index (χ1v) is 2.99. The molecule has 0 aliphatic carbocycles. The first-order chi connectivity index (χ1) is 4.72. The molecule has 0 aromatic heterocycles. The highest BCUT2D eigenvalue weighted by Gasteiger charge is 1.98. The molecular formula is C7H10N2O. The third-order valence-electron chi connectivity index (χ3n) is 1.29. The van der Waals surface area contributed by atoms with E-state index in [1.165, 1.54) is 7.05 Å². The van der Waals surface area contributed by atoms with Crippen molar-refractivity contribution in [2.24, 2.45) is 0 Å². The Hall–Kier alpha value is -1.22. The van der Waals surface area contributed by atoms with Gasteiger partial charge in [0.2, 0.25) is 0 Å². The van der Waals surface area contributed by atoms with Crippen molar-refractivity contribution in [3.05, 3.63) is 24.3 Å². The Morgan fingerprint density at radius 1 is 1.40 bits per heavy atom. The first-order valence-electron chi connectivity index (χ1n) is 2.99. The van der Waals surface area contributed by atoms with Crippen LogP contribution in [0.5, 0.6) is 0 Å². The molecule has 0 saturated heterocycles. The normalized spacial score (nSPS) is 9.40. The number of hydroxylamine groups is 1. The second-order valence-electron chi connectivity index (χ2n) is 2.08. The molecule has 54 valence electrons. The third-order valence-corrected chi connectivity index (χ3v) is 1.29. The maximum atomic E-state index is 8.96. The van der Waals surface area contributed by atoms with Gasteiger partial charge in [0.05, 0.1) is 11.4 Å². The van der Waals surface area contributed by atoms with Gasteiger partial charge < -0.3 is 5.73 Å². The van der Waals surface area contributed by atoms with E-state index >= 15 is 0 Å². The minimum atomic E-state index is 0.576. The minimum Gasteiger partial charge on any atom is -0.397 e. The zero-order valence-electron chi connectivity index (χ0n) is 5.78. The molecule has 10 heavy (non-hydrogen) atoms. The van der Waals surface area contributed by atoms with Crippen molar-refractivity contribution in [1.29, 1.82) is 0 Å². The molecule has 0 unspecified atom stereocenters. The van der Waals surface area contributed by atoms with Gasteiger partial charge in [0.25, 0.3) is 0 Å². The van der Waals surface area contributed by atoms with Crippen molar-refractivity contribution in [2.45, 2.75) is 0 Å². The Kier molecular flexibility index (Phi) is 1.78. The van der Waals surface area contributed by atoms with Crippen molar-refractivity contribution in [3.63, 3.8) is 0 Å². The van der Waals surface area contributed by atoms with Gasteiger partial charge in [0.15, 0.2) is 0 Å². The third kappa shape index (κ3) is 1.19. The lowest BCUT2D eigenvalue weighted by Crippen LogP contribution is -2.11. The van der Waals surface area contributed by atoms with E-state index < -0.39 is 0 Å². The van der Waals surface area contributed by atoms with Crippen LogP contribution in [0.15, 0.2) is 24.3 Å². The van der Waals surface area contributed by atoms with Crippen LogP contribution in [-0.2, 0) is 0 Å². The van der Waals surface area contributed by atoms with Crippen LogP contribution in [0.1, 0.15) is 0 Å². The summed E-state index contributed by atoms with van der Waals surface area (Å²) in [7, 11) is 1.53. The first kappa shape index (κ1) is 6.89. The Labute approximate surface area is 59.6 Å². The summed E-state index contributed by atoms with van der Waals surface area (Å²) >= 11 is 0. The fourth-order valence-corrected chi connectivity index (χ4v) is 0.782. The van der Waals surface area contributed by atoms with E-state index in [1.54, 1.807) is 12.1 Å². The summed E-state index contributed by atoms with van der Waals surface area (Å²) < 4.78 is 0. The van der Waals surface area contributed by atoms with Crippen LogP contribution in [0, 0.1) is 0 Å². The predicted molar refractivity (Wildman–Crippen MR) is 41.0 cm³/mol. The van der Waals surface area contributed by atoms with Crippen LogP contribution in [0.3, 0.4) is 0 Å². The SMILES string of the molecule is CN(O)c1ccccc1N. The summed E-state index contributed by atoms with van der Waals surface area (Å²) in [6.45, 7) is 0. The maximum absolute atomic E-state index is 8.96. The Balaban J connectivity index is 3.03. The Bertz CT molecular complexity index is 223. The summed E-state index contributed by atoms with van der Waals surface area (Å²) in [6, 6.07) is 7.12. The largest absolute Gasteiger partial charge is 0.397 e. The second-order valence-corrected chi connectivity index (χ2v) is 2.08. The zero-order valence-corrected chi connectivity index (χ0v) is 5.78. The highest BCUT2D eigenvalue weighted by atomic mass is 16.5. The molecule has 1 aromatic rings. The van der Waals surface area contributed by atoms with Crippen LogP contribution in [-0.4, -0.2) is 12.3 Å². The van der Waals surface area contributed by atoms with Crippen LogP contribution in [0.25, 0.3) is 0 Å². The quantitative estimate of drug-likeness (QED) is 0.451. The Morgan fingerprint density at radius 3 is 2.40 bits per heavy atom. The van der Waals surface area contributed by atoms with Gasteiger partial charge in [-0.25, -0.2) is 0 Å². The van der Waals surface area contributed by atoms with Crippen LogP contribution < -0.4 is 10.8 Å². The maximum Gasteiger partial charge on any atom is 0.0859 e. The van der Waals surface area contributed by atoms with Crippen molar-refractivity contribution in [1.82, 2.24) is 0 Å². The topological polar surface area (TPSA) is 49.5 Å². The molecule has 1 aromatic carbocycles. The number of hydrogen-bond acceptors (Lipinski definition) is 3. The van der Waals surface area contributed by atoms with E-state index in [0.717, 1.165) is 5.06 Å². The summed E-state index contributed by atoms with van der Waals surface area (Å²) in [6.07, 6.45) is 0. The molecule has 0 amide bonds. The monoisotopic (exact) mass is 138 g/mol. The number of nitrogens with zero attached hydrogens (tertiary/aromatic N) is 1. The summed E-state index contributed by atoms with van der Waals surface area (Å²) in [5.41, 5.74) is 6.72. The van der Waals surface area contributed by atoms with Gasteiger partial charge in [-0.3, -0.25) is 10.3 Å². The number of hydrogen-bond donors (Lipinski definition) is 2. The molecule has 0 bridgehead atoms. The lowest BCUT2D eigenvalue weighted by Gasteiger charge is -2.11. The van der Waals surface area contributed by atoms with E-state index in [1.807, 2.05) is 12.1 Å². The molecule has 0 fully saturated rings. The predicted octanol–water partition coefficient (Wildman–Crippen LogP) is 1.09. The molecule has 3 nitrogen and oxygen atoms in total. The van der Waals surface area contributed by atoms with Crippen molar-refractivity contribution < 1.29 is 5.21 Å². The molecule has 0 radical (unpaired) electrons. The molecule has 0 heterocycles. The average molecular weight is 138 g/mol. The fraction of sp³-hybridized carbons (Fsp3) is 0.143. The number of anilines is 2. The molecule has 0 saturated carbocycles. The highest BCUT2D eigenvalue weighted by Crippen LogP contribution is 2.18. The fourth-order valence-electron chi connectivity index (χ4n) is 0.782. The van der Waals surface area contributed by atoms with Crippen LogP contribution in [0.4, 0.5) is 11.4 Å². The molecule has 0 spiro atoms. The van der Waals surface area contributed by atoms with Crippen molar-refractivity contribution >= 4 is 11.4 Å². The van der Waals surface area contributed by atoms with Gasteiger partial charge in [-0.2, -0.15) is 0 Å². The standard InChI is InChI=1S/C7H10N2O/c1-9(10)7-5-3-2-4-6(7)8/h2-5,10H,8H2,1H3. The zero-order chi connectivity index (χ0) is 7.56. The molecule has 3 N–H and O–H groups in total. The van der Waals surface area contributed by atoms with Gasteiger partial charge in [-0.15, -0.1) is 0 Å². The van der Waals surface area contributed by atoms with Crippen molar-refractivity contribution in [2.75, 3.05) is 17.8 Å². The van der Waals surface area contributed by atoms with E-state index in [0.29, 0.717) is 11.4 Å². The van der Waals surface area contributed by atoms with E-state index in [-0.39, 0.29) is 0 Å². The Morgan fingerprint density at radius 2 is 2.00 bits per heavy atom. The molecule has 1 rings (SSSR count). The summed E-state index contributed by atoms with van der Waals surface area (Å²) in [4.78, 5) is 0. The summed E-state index contributed by atoms with van der Waals surface area (Å²) in [5.74, 6) is 0. The minimum absolute atomic E-state index is 0.576. The molecule has 3 heteroatoms. The second kappa shape index (κ2) is 2.58. The van der Waals surface area contributed by atoms with E-state index in [4.69, 9.17) is 10.9 Å². The summed E-state index contributed by atoms with van der Waals surface area (Å²) in [5, 5.41) is 9.95. The number of para-hydroxylation sites is 2. The number of nitrogens with two attached hydrogens (primary N) is 1. The van der Waals surface area contributed by atoms with E-state index in [2.05, 4.69) is 0 Å². The van der Waals surface area contributed by atoms with Crippen LogP contribution in [0.2, 0.25) is 0 Å². The van der Waals surface area contributed by atoms with Gasteiger partial charge in [-0.05, 0) is 12.1 Å². The molecule has 0 aliphatic rings. The van der Waals surface area contributed by atoms with E-state index in [9.17, 15) is 0 Å². The molecular weight excluding hydrogens is 128 g/mol. The number of nitrogen functional groups attached to an aromatic ring is 1. The number of rotatable bonds is 1. The van der Waals surface area contributed by atoms with Gasteiger partial charge >= 0.3 is 0 Å².